The second-order valence-corrected chi connectivity index (χ2v) is 5.76. The zero-order chi connectivity index (χ0) is 16.1. The fourth-order valence-corrected chi connectivity index (χ4v) is 2.29. The molecule has 0 aliphatic rings. The summed E-state index contributed by atoms with van der Waals surface area (Å²) in [6.45, 7) is 2.80. The first-order valence-corrected chi connectivity index (χ1v) is 7.33. The van der Waals surface area contributed by atoms with Gasteiger partial charge in [-0.25, -0.2) is 0 Å². The van der Waals surface area contributed by atoms with E-state index in [1.54, 1.807) is 0 Å². The molecule has 0 aliphatic carbocycles. The number of nitrogens with zero attached hydrogens (tertiary/aromatic N) is 1. The predicted molar refractivity (Wildman–Crippen MR) is 105 cm³/mol. The van der Waals surface area contributed by atoms with E-state index in [2.05, 4.69) is 16.3 Å². The van der Waals surface area contributed by atoms with Crippen LogP contribution in [-0.2, 0) is 11.3 Å². The van der Waals surface area contributed by atoms with Gasteiger partial charge in [0.1, 0.15) is 6.04 Å². The maximum atomic E-state index is 12.4. The van der Waals surface area contributed by atoms with Crippen molar-refractivity contribution in [3.05, 3.63) is 65.2 Å². The Bertz CT molecular complexity index is 648. The highest BCUT2D eigenvalue weighted by Crippen LogP contribution is 2.20. The van der Waals surface area contributed by atoms with Gasteiger partial charge in [-0.3, -0.25) is 4.79 Å². The minimum atomic E-state index is -0.668. The van der Waals surface area contributed by atoms with E-state index in [1.165, 1.54) is 0 Å². The quantitative estimate of drug-likeness (QED) is 0.847. The first-order chi connectivity index (χ1) is 10.5. The molecule has 0 heterocycles. The van der Waals surface area contributed by atoms with E-state index in [4.69, 9.17) is 5.73 Å². The molecule has 0 spiro atoms. The van der Waals surface area contributed by atoms with E-state index in [1.807, 2.05) is 63.5 Å². The van der Waals surface area contributed by atoms with E-state index < -0.39 is 6.04 Å². The molecule has 0 aliphatic heterocycles. The van der Waals surface area contributed by atoms with E-state index in [-0.39, 0.29) is 30.7 Å². The van der Waals surface area contributed by atoms with E-state index in [9.17, 15) is 4.79 Å². The van der Waals surface area contributed by atoms with Gasteiger partial charge in [-0.05, 0) is 43.8 Å². The lowest BCUT2D eigenvalue weighted by Gasteiger charge is -2.16. The van der Waals surface area contributed by atoms with Crippen molar-refractivity contribution >= 4 is 36.4 Å². The molecule has 0 saturated heterocycles. The van der Waals surface area contributed by atoms with Gasteiger partial charge in [0.15, 0.2) is 0 Å². The average Bonchev–Trinajstić information content (AvgIpc) is 2.50. The molecule has 3 N–H and O–H groups in total. The number of amides is 1. The number of halogens is 2. The SMILES string of the molecule is Cc1ccc(CN(C)C)cc1NC(=O)C(N)c1ccccc1.Cl.Cl. The first kappa shape index (κ1) is 22.4. The Labute approximate surface area is 156 Å². The second-order valence-electron chi connectivity index (χ2n) is 5.76. The number of hydrogen-bond donors (Lipinski definition) is 2. The van der Waals surface area contributed by atoms with Crippen LogP contribution in [0.3, 0.4) is 0 Å². The highest BCUT2D eigenvalue weighted by molar-refractivity contribution is 5.96. The summed E-state index contributed by atoms with van der Waals surface area (Å²) < 4.78 is 0. The third-order valence-corrected chi connectivity index (χ3v) is 3.50. The standard InChI is InChI=1S/C18H23N3O.2ClH/c1-13-9-10-14(12-21(2)3)11-16(13)20-18(22)17(19)15-7-5-4-6-8-15;;/h4-11,17H,12,19H2,1-3H3,(H,20,22);2*1H. The maximum absolute atomic E-state index is 12.4. The molecule has 0 bridgehead atoms. The second kappa shape index (κ2) is 10.3. The lowest BCUT2D eigenvalue weighted by atomic mass is 10.1. The van der Waals surface area contributed by atoms with Gasteiger partial charge in [0.25, 0.3) is 0 Å². The summed E-state index contributed by atoms with van der Waals surface area (Å²) in [5, 5.41) is 2.94. The Hall–Kier alpha value is -1.59. The Balaban J connectivity index is 0.00000264. The summed E-state index contributed by atoms with van der Waals surface area (Å²) in [6.07, 6.45) is 0. The van der Waals surface area contributed by atoms with E-state index in [0.717, 1.165) is 28.9 Å². The van der Waals surface area contributed by atoms with Gasteiger partial charge < -0.3 is 16.0 Å². The molecule has 0 saturated carbocycles. The lowest BCUT2D eigenvalue weighted by molar-refractivity contribution is -0.117. The number of hydrogen-bond acceptors (Lipinski definition) is 3. The minimum absolute atomic E-state index is 0. The third-order valence-electron chi connectivity index (χ3n) is 3.50. The van der Waals surface area contributed by atoms with Crippen molar-refractivity contribution in [1.82, 2.24) is 4.90 Å². The maximum Gasteiger partial charge on any atom is 0.245 e. The van der Waals surface area contributed by atoms with Crippen LogP contribution in [0.2, 0.25) is 0 Å². The average molecular weight is 370 g/mol. The van der Waals surface area contributed by atoms with Crippen LogP contribution in [0.5, 0.6) is 0 Å². The molecule has 132 valence electrons. The molecule has 4 nitrogen and oxygen atoms in total. The molecular weight excluding hydrogens is 345 g/mol. The van der Waals surface area contributed by atoms with E-state index >= 15 is 0 Å². The molecule has 0 radical (unpaired) electrons. The van der Waals surface area contributed by atoms with Crippen LogP contribution in [0.4, 0.5) is 5.69 Å². The van der Waals surface area contributed by atoms with Crippen molar-refractivity contribution in [1.29, 1.82) is 0 Å². The van der Waals surface area contributed by atoms with Crippen molar-refractivity contribution in [3.63, 3.8) is 0 Å². The summed E-state index contributed by atoms with van der Waals surface area (Å²) in [5.74, 6) is -0.198. The van der Waals surface area contributed by atoms with Crippen molar-refractivity contribution < 1.29 is 4.79 Å². The largest absolute Gasteiger partial charge is 0.324 e. The Morgan fingerprint density at radius 1 is 1.12 bits per heavy atom. The minimum Gasteiger partial charge on any atom is -0.324 e. The lowest BCUT2D eigenvalue weighted by Crippen LogP contribution is -2.28. The van der Waals surface area contributed by atoms with Crippen LogP contribution in [-0.4, -0.2) is 24.9 Å². The molecule has 24 heavy (non-hydrogen) atoms. The fraction of sp³-hybridized carbons (Fsp3) is 0.278. The topological polar surface area (TPSA) is 58.4 Å². The number of aryl methyl sites for hydroxylation is 1. The molecule has 1 unspecified atom stereocenters. The predicted octanol–water partition coefficient (Wildman–Crippen LogP) is 3.54. The number of nitrogens with one attached hydrogen (secondary N) is 1. The molecule has 6 heteroatoms. The van der Waals surface area contributed by atoms with Gasteiger partial charge >= 0.3 is 0 Å². The molecular formula is C18H25Cl2N3O. The Morgan fingerprint density at radius 3 is 2.33 bits per heavy atom. The van der Waals surface area contributed by atoms with Gasteiger partial charge in [0, 0.05) is 12.2 Å². The van der Waals surface area contributed by atoms with Crippen molar-refractivity contribution in [2.75, 3.05) is 19.4 Å². The molecule has 1 amide bonds. The zero-order valence-corrected chi connectivity index (χ0v) is 15.8. The zero-order valence-electron chi connectivity index (χ0n) is 14.2. The van der Waals surface area contributed by atoms with Crippen LogP contribution in [0.1, 0.15) is 22.7 Å². The molecule has 1 atom stereocenters. The highest BCUT2D eigenvalue weighted by atomic mass is 35.5. The molecule has 0 aromatic heterocycles. The van der Waals surface area contributed by atoms with Crippen LogP contribution >= 0.6 is 24.8 Å². The van der Waals surface area contributed by atoms with Crippen molar-refractivity contribution in [3.8, 4) is 0 Å². The molecule has 2 aromatic rings. The molecule has 2 rings (SSSR count). The number of benzene rings is 2. The highest BCUT2D eigenvalue weighted by Gasteiger charge is 2.16. The van der Waals surface area contributed by atoms with Gasteiger partial charge in [-0.2, -0.15) is 0 Å². The van der Waals surface area contributed by atoms with Crippen LogP contribution in [0.15, 0.2) is 48.5 Å². The van der Waals surface area contributed by atoms with Gasteiger partial charge in [0.05, 0.1) is 0 Å². The summed E-state index contributed by atoms with van der Waals surface area (Å²) in [4.78, 5) is 14.4. The van der Waals surface area contributed by atoms with E-state index in [0.29, 0.717) is 0 Å². The number of anilines is 1. The Morgan fingerprint density at radius 2 is 1.75 bits per heavy atom. The normalized spacial score (nSPS) is 11.2. The van der Waals surface area contributed by atoms with Gasteiger partial charge in [-0.1, -0.05) is 42.5 Å². The van der Waals surface area contributed by atoms with Crippen molar-refractivity contribution in [2.24, 2.45) is 5.73 Å². The number of rotatable bonds is 5. The van der Waals surface area contributed by atoms with Crippen molar-refractivity contribution in [2.45, 2.75) is 19.5 Å². The smallest absolute Gasteiger partial charge is 0.245 e. The monoisotopic (exact) mass is 369 g/mol. The summed E-state index contributed by atoms with van der Waals surface area (Å²) in [5.41, 5.74) is 9.83. The van der Waals surface area contributed by atoms with Crippen LogP contribution in [0, 0.1) is 6.92 Å². The molecule has 2 aromatic carbocycles. The number of carbonyl (C=O) groups is 1. The summed E-state index contributed by atoms with van der Waals surface area (Å²) >= 11 is 0. The summed E-state index contributed by atoms with van der Waals surface area (Å²) in [6, 6.07) is 14.8. The molecule has 0 fully saturated rings. The fourth-order valence-electron chi connectivity index (χ4n) is 2.29. The number of nitrogens with two attached hydrogens (primary N) is 1. The van der Waals surface area contributed by atoms with Crippen LogP contribution < -0.4 is 11.1 Å². The first-order valence-electron chi connectivity index (χ1n) is 7.33. The summed E-state index contributed by atoms with van der Waals surface area (Å²) in [7, 11) is 4.03. The number of carbonyl (C=O) groups excluding carboxylic acids is 1. The third kappa shape index (κ3) is 6.13. The van der Waals surface area contributed by atoms with Crippen LogP contribution in [0.25, 0.3) is 0 Å². The van der Waals surface area contributed by atoms with Gasteiger partial charge in [-0.15, -0.1) is 24.8 Å². The van der Waals surface area contributed by atoms with Gasteiger partial charge in [0.2, 0.25) is 5.91 Å². The Kier molecular flexibility index (Phi) is 9.63.